The highest BCUT2D eigenvalue weighted by molar-refractivity contribution is 6.62. The summed E-state index contributed by atoms with van der Waals surface area (Å²) in [5.74, 6) is -1.03. The third-order valence-electron chi connectivity index (χ3n) is 5.41. The van der Waals surface area contributed by atoms with Gasteiger partial charge in [0.25, 0.3) is 5.91 Å². The number of anilines is 1. The molecule has 1 saturated heterocycles. The fourth-order valence-corrected chi connectivity index (χ4v) is 2.94. The van der Waals surface area contributed by atoms with E-state index in [1.807, 2.05) is 46.8 Å². The summed E-state index contributed by atoms with van der Waals surface area (Å²) in [5.41, 5.74) is 2.28. The molecule has 0 aromatic heterocycles. The highest BCUT2D eigenvalue weighted by Gasteiger charge is 2.52. The number of benzene rings is 2. The number of nitrogens with one attached hydrogen (secondary N) is 1. The van der Waals surface area contributed by atoms with E-state index in [1.165, 1.54) is 12.1 Å². The zero-order valence-corrected chi connectivity index (χ0v) is 16.6. The van der Waals surface area contributed by atoms with Crippen LogP contribution in [0, 0.1) is 19.7 Å². The van der Waals surface area contributed by atoms with E-state index in [2.05, 4.69) is 5.32 Å². The summed E-state index contributed by atoms with van der Waals surface area (Å²) in [7, 11) is -0.525. The zero-order chi connectivity index (χ0) is 20.0. The average molecular weight is 369 g/mol. The van der Waals surface area contributed by atoms with Crippen molar-refractivity contribution in [1.82, 2.24) is 0 Å². The van der Waals surface area contributed by atoms with Crippen molar-refractivity contribution in [2.24, 2.45) is 0 Å². The number of hydrogen-bond donors (Lipinski definition) is 1. The fraction of sp³-hybridized carbons (Fsp3) is 0.381. The number of carbonyl (C=O) groups excluding carboxylic acids is 1. The minimum Gasteiger partial charge on any atom is -0.399 e. The first-order chi connectivity index (χ1) is 12.5. The number of rotatable bonds is 3. The molecule has 3 rings (SSSR count). The molecular formula is C21H25BFNO3. The van der Waals surface area contributed by atoms with Crippen molar-refractivity contribution in [2.75, 3.05) is 5.32 Å². The van der Waals surface area contributed by atoms with E-state index in [0.717, 1.165) is 16.6 Å². The Balaban J connectivity index is 1.85. The molecule has 27 heavy (non-hydrogen) atoms. The molecular weight excluding hydrogens is 344 g/mol. The summed E-state index contributed by atoms with van der Waals surface area (Å²) in [6.07, 6.45) is 0. The average Bonchev–Trinajstić information content (AvgIpc) is 2.77. The second kappa shape index (κ2) is 6.77. The minimum atomic E-state index is -0.536. The molecule has 1 fully saturated rings. The zero-order valence-electron chi connectivity index (χ0n) is 16.6. The molecule has 1 heterocycles. The molecule has 1 N–H and O–H groups in total. The van der Waals surface area contributed by atoms with Crippen LogP contribution in [0.25, 0.3) is 0 Å². The Bertz CT molecular complexity index is 879. The quantitative estimate of drug-likeness (QED) is 0.833. The molecule has 0 radical (unpaired) electrons. The van der Waals surface area contributed by atoms with Crippen LogP contribution in [-0.2, 0) is 9.31 Å². The second-order valence-electron chi connectivity index (χ2n) is 8.10. The molecule has 0 unspecified atom stereocenters. The molecule has 2 aromatic rings. The summed E-state index contributed by atoms with van der Waals surface area (Å²) in [6, 6.07) is 10.0. The van der Waals surface area contributed by atoms with Crippen molar-refractivity contribution >= 4 is 24.2 Å². The van der Waals surface area contributed by atoms with Gasteiger partial charge in [-0.1, -0.05) is 17.7 Å². The Hall–Kier alpha value is -2.18. The van der Waals surface area contributed by atoms with Gasteiger partial charge in [-0.3, -0.25) is 4.79 Å². The van der Waals surface area contributed by atoms with Crippen molar-refractivity contribution in [3.05, 3.63) is 58.9 Å². The Morgan fingerprint density at radius 1 is 1.00 bits per heavy atom. The van der Waals surface area contributed by atoms with Gasteiger partial charge in [-0.05, 0) is 76.8 Å². The van der Waals surface area contributed by atoms with Crippen molar-refractivity contribution in [3.8, 4) is 0 Å². The first-order valence-electron chi connectivity index (χ1n) is 9.04. The van der Waals surface area contributed by atoms with Crippen molar-refractivity contribution in [1.29, 1.82) is 0 Å². The maximum Gasteiger partial charge on any atom is 0.495 e. The monoisotopic (exact) mass is 369 g/mol. The third kappa shape index (κ3) is 3.78. The molecule has 0 spiro atoms. The summed E-state index contributed by atoms with van der Waals surface area (Å²) in [5, 5.41) is 2.76. The summed E-state index contributed by atoms with van der Waals surface area (Å²) < 4.78 is 26.3. The number of aryl methyl sites for hydroxylation is 2. The highest BCUT2D eigenvalue weighted by atomic mass is 19.1. The molecule has 142 valence electrons. The van der Waals surface area contributed by atoms with E-state index in [-0.39, 0.29) is 5.56 Å². The Morgan fingerprint density at radius 3 is 2.22 bits per heavy atom. The lowest BCUT2D eigenvalue weighted by Gasteiger charge is -2.32. The molecule has 1 aliphatic rings. The van der Waals surface area contributed by atoms with Gasteiger partial charge in [0.2, 0.25) is 0 Å². The van der Waals surface area contributed by atoms with E-state index >= 15 is 0 Å². The molecule has 0 aliphatic carbocycles. The van der Waals surface area contributed by atoms with Gasteiger partial charge in [-0.25, -0.2) is 4.39 Å². The summed E-state index contributed by atoms with van der Waals surface area (Å²) >= 11 is 0. The first-order valence-corrected chi connectivity index (χ1v) is 9.04. The van der Waals surface area contributed by atoms with Crippen LogP contribution in [-0.4, -0.2) is 24.2 Å². The maximum absolute atomic E-state index is 14.1. The van der Waals surface area contributed by atoms with Gasteiger partial charge in [-0.15, -0.1) is 0 Å². The Labute approximate surface area is 160 Å². The number of amides is 1. The van der Waals surface area contributed by atoms with E-state index in [4.69, 9.17) is 9.31 Å². The molecule has 0 atom stereocenters. The van der Waals surface area contributed by atoms with Crippen LogP contribution in [0.15, 0.2) is 36.4 Å². The third-order valence-corrected chi connectivity index (χ3v) is 5.41. The van der Waals surface area contributed by atoms with Gasteiger partial charge in [-0.2, -0.15) is 0 Å². The van der Waals surface area contributed by atoms with Crippen molar-refractivity contribution in [3.63, 3.8) is 0 Å². The van der Waals surface area contributed by atoms with Crippen LogP contribution >= 0.6 is 0 Å². The molecule has 0 bridgehead atoms. The molecule has 0 saturated carbocycles. The second-order valence-corrected chi connectivity index (χ2v) is 8.10. The molecule has 2 aromatic carbocycles. The van der Waals surface area contributed by atoms with Gasteiger partial charge in [0.05, 0.1) is 16.8 Å². The lowest BCUT2D eigenvalue weighted by molar-refractivity contribution is 0.00578. The van der Waals surface area contributed by atoms with Gasteiger partial charge >= 0.3 is 7.12 Å². The van der Waals surface area contributed by atoms with Crippen LogP contribution < -0.4 is 10.8 Å². The molecule has 1 aliphatic heterocycles. The van der Waals surface area contributed by atoms with Crippen molar-refractivity contribution < 1.29 is 18.5 Å². The smallest absolute Gasteiger partial charge is 0.399 e. The predicted octanol–water partition coefficient (Wildman–Crippen LogP) is 3.99. The number of hydrogen-bond acceptors (Lipinski definition) is 3. The van der Waals surface area contributed by atoms with Crippen LogP contribution in [0.1, 0.15) is 49.2 Å². The van der Waals surface area contributed by atoms with E-state index in [0.29, 0.717) is 5.69 Å². The standard InChI is InChI=1S/C21H25BFNO3/c1-13-7-10-16(18(23)11-13)19(25)24-15-9-8-14(2)17(12-15)22-26-20(3,4)21(5,6)27-22/h7-12H,1-6H3,(H,24,25). The normalized spacial score (nSPS) is 17.8. The lowest BCUT2D eigenvalue weighted by atomic mass is 9.76. The molecule has 1 amide bonds. The SMILES string of the molecule is Cc1ccc(C(=O)Nc2ccc(C)c(B3OC(C)(C)C(C)(C)O3)c2)c(F)c1. The van der Waals surface area contributed by atoms with E-state index < -0.39 is 30.0 Å². The topological polar surface area (TPSA) is 47.6 Å². The Morgan fingerprint density at radius 2 is 1.63 bits per heavy atom. The van der Waals surface area contributed by atoms with Gasteiger partial charge < -0.3 is 14.6 Å². The van der Waals surface area contributed by atoms with E-state index in [9.17, 15) is 9.18 Å². The van der Waals surface area contributed by atoms with Crippen LogP contribution in [0.3, 0.4) is 0 Å². The van der Waals surface area contributed by atoms with Gasteiger partial charge in [0.1, 0.15) is 5.82 Å². The summed E-state index contributed by atoms with van der Waals surface area (Å²) in [4.78, 5) is 12.5. The number of halogens is 1. The molecule has 4 nitrogen and oxygen atoms in total. The summed E-state index contributed by atoms with van der Waals surface area (Å²) in [6.45, 7) is 11.7. The highest BCUT2D eigenvalue weighted by Crippen LogP contribution is 2.36. The van der Waals surface area contributed by atoms with Gasteiger partial charge in [0.15, 0.2) is 0 Å². The van der Waals surface area contributed by atoms with E-state index in [1.54, 1.807) is 19.1 Å². The maximum atomic E-state index is 14.1. The van der Waals surface area contributed by atoms with Gasteiger partial charge in [0, 0.05) is 5.69 Å². The largest absolute Gasteiger partial charge is 0.495 e. The van der Waals surface area contributed by atoms with Crippen molar-refractivity contribution in [2.45, 2.75) is 52.7 Å². The van der Waals surface area contributed by atoms with Crippen LogP contribution in [0.5, 0.6) is 0 Å². The fourth-order valence-electron chi connectivity index (χ4n) is 2.94. The predicted molar refractivity (Wildman–Crippen MR) is 106 cm³/mol. The lowest BCUT2D eigenvalue weighted by Crippen LogP contribution is -2.41. The molecule has 6 heteroatoms. The first kappa shape index (κ1) is 19.6. The van der Waals surface area contributed by atoms with Crippen LogP contribution in [0.2, 0.25) is 0 Å². The van der Waals surface area contributed by atoms with Crippen LogP contribution in [0.4, 0.5) is 10.1 Å². The number of carbonyl (C=O) groups is 1. The Kier molecular flexibility index (Phi) is 4.91. The minimum absolute atomic E-state index is 0.0124.